The monoisotopic (exact) mass is 764 g/mol. The molecule has 5 amide bonds. The van der Waals surface area contributed by atoms with Gasteiger partial charge < -0.3 is 57.2 Å². The fourth-order valence-electron chi connectivity index (χ4n) is 5.52. The van der Waals surface area contributed by atoms with Gasteiger partial charge in [0.2, 0.25) is 29.5 Å². The average molecular weight is 765 g/mol. The minimum atomic E-state index is -1.81. The zero-order chi connectivity index (χ0) is 39.1. The van der Waals surface area contributed by atoms with E-state index in [4.69, 9.17) is 10.8 Å². The molecule has 1 aliphatic rings. The number of amides is 5. The molecule has 2 aromatic heterocycles. The van der Waals surface area contributed by atoms with Gasteiger partial charge in [-0.15, -0.1) is 0 Å². The Morgan fingerprint density at radius 2 is 1.40 bits per heavy atom. The zero-order valence-corrected chi connectivity index (χ0v) is 29.6. The van der Waals surface area contributed by atoms with Crippen molar-refractivity contribution in [1.29, 1.82) is 0 Å². The van der Waals surface area contributed by atoms with Gasteiger partial charge in [0.15, 0.2) is 0 Å². The van der Waals surface area contributed by atoms with Crippen molar-refractivity contribution >= 4 is 59.2 Å². The van der Waals surface area contributed by atoms with Crippen LogP contribution in [-0.4, -0.2) is 142 Å². The summed E-state index contributed by atoms with van der Waals surface area (Å²) in [5.41, 5.74) is 6.85. The highest BCUT2D eigenvalue weighted by Crippen LogP contribution is 2.21. The number of H-pyrrole nitrogens is 2. The molecule has 1 aliphatic heterocycles. The third-order valence-corrected chi connectivity index (χ3v) is 8.93. The van der Waals surface area contributed by atoms with E-state index in [1.54, 1.807) is 0 Å². The van der Waals surface area contributed by atoms with Crippen molar-refractivity contribution in [2.75, 3.05) is 18.6 Å². The summed E-state index contributed by atoms with van der Waals surface area (Å²) in [5, 5.41) is 37.7. The predicted molar refractivity (Wildman–Crippen MR) is 185 cm³/mol. The summed E-state index contributed by atoms with van der Waals surface area (Å²) in [6.07, 6.45) is 5.99. The van der Waals surface area contributed by atoms with Crippen molar-refractivity contribution in [3.05, 3.63) is 36.4 Å². The fourth-order valence-corrected chi connectivity index (χ4v) is 6.01. The number of nitrogens with two attached hydrogens (primary N) is 1. The highest BCUT2D eigenvalue weighted by molar-refractivity contribution is 7.98. The van der Waals surface area contributed by atoms with Gasteiger partial charge in [-0.3, -0.25) is 33.6 Å². The molecular weight excluding hydrogens is 720 g/mol. The Morgan fingerprint density at radius 1 is 0.830 bits per heavy atom. The predicted octanol–water partition coefficient (Wildman–Crippen LogP) is -2.65. The van der Waals surface area contributed by atoms with Gasteiger partial charge in [0.25, 0.3) is 0 Å². The number of aromatic amines is 2. The number of imidazole rings is 2. The van der Waals surface area contributed by atoms with Crippen molar-refractivity contribution in [3.8, 4) is 0 Å². The number of carboxylic acid groups (broad SMARTS) is 3. The maximum absolute atomic E-state index is 14.0. The molecule has 3 rings (SSSR count). The Bertz CT molecular complexity index is 1590. The third kappa shape index (κ3) is 13.2. The van der Waals surface area contributed by atoms with Crippen molar-refractivity contribution in [2.45, 2.75) is 87.6 Å². The van der Waals surface area contributed by atoms with Gasteiger partial charge in [0.05, 0.1) is 25.1 Å². The summed E-state index contributed by atoms with van der Waals surface area (Å²) in [6, 6.07) is -8.06. The van der Waals surface area contributed by atoms with E-state index >= 15 is 0 Å². The highest BCUT2D eigenvalue weighted by Gasteiger charge is 2.40. The van der Waals surface area contributed by atoms with E-state index in [1.165, 1.54) is 36.8 Å². The molecule has 0 bridgehead atoms. The normalized spacial score (nSPS) is 16.7. The van der Waals surface area contributed by atoms with Crippen LogP contribution < -0.4 is 27.0 Å². The quantitative estimate of drug-likeness (QED) is 0.0586. The second-order valence-electron chi connectivity index (χ2n) is 12.3. The molecule has 21 nitrogen and oxygen atoms in total. The number of hydrogen-bond donors (Lipinski definition) is 10. The standard InChI is InChI=1S/C31H44N10O11S/c1-53-8-6-18(32)26(46)38-20(9-16-12-33-14-35-16)27(47)37-19(4-5-24(42)43)30(50)41-7-2-3-23(41)29(49)39-21(10-17-13-34-15-36-17)28(48)40-22(31(51)52)11-25(44)45/h12-15,18-23H,2-11,32H2,1H3,(H,33,35)(H,34,36)(H,37,47)(H,38,46)(H,39,49)(H,40,48)(H,42,43)(H,44,45)(H,51,52)/t18-,19-,20-,21-,22-,23-/m0/s1. The zero-order valence-electron chi connectivity index (χ0n) is 28.8. The number of nitrogens with zero attached hydrogens (tertiary/aromatic N) is 3. The Balaban J connectivity index is 1.81. The summed E-state index contributed by atoms with van der Waals surface area (Å²) in [5.74, 6) is -7.82. The first-order valence-corrected chi connectivity index (χ1v) is 18.0. The van der Waals surface area contributed by atoms with Crippen LogP contribution in [0.2, 0.25) is 0 Å². The maximum Gasteiger partial charge on any atom is 0.326 e. The van der Waals surface area contributed by atoms with Crippen LogP contribution in [0.25, 0.3) is 0 Å². The van der Waals surface area contributed by atoms with Crippen LogP contribution in [0.15, 0.2) is 25.0 Å². The number of rotatable bonds is 22. The molecule has 6 atom stereocenters. The van der Waals surface area contributed by atoms with Crippen LogP contribution >= 0.6 is 11.8 Å². The largest absolute Gasteiger partial charge is 0.481 e. The lowest BCUT2D eigenvalue weighted by Crippen LogP contribution is -2.59. The summed E-state index contributed by atoms with van der Waals surface area (Å²) in [4.78, 5) is 116. The van der Waals surface area contributed by atoms with Crippen LogP contribution in [0.5, 0.6) is 0 Å². The van der Waals surface area contributed by atoms with Gasteiger partial charge in [-0.1, -0.05) is 0 Å². The van der Waals surface area contributed by atoms with Crippen LogP contribution in [0.1, 0.15) is 49.9 Å². The smallest absolute Gasteiger partial charge is 0.326 e. The van der Waals surface area contributed by atoms with Crippen molar-refractivity contribution in [3.63, 3.8) is 0 Å². The van der Waals surface area contributed by atoms with Gasteiger partial charge in [0.1, 0.15) is 30.2 Å². The van der Waals surface area contributed by atoms with Gasteiger partial charge >= 0.3 is 17.9 Å². The molecule has 1 fully saturated rings. The lowest BCUT2D eigenvalue weighted by Gasteiger charge is -2.30. The summed E-state index contributed by atoms with van der Waals surface area (Å²) >= 11 is 1.48. The Labute approximate surface area is 307 Å². The minimum Gasteiger partial charge on any atom is -0.481 e. The van der Waals surface area contributed by atoms with Gasteiger partial charge in [-0.2, -0.15) is 11.8 Å². The number of carboxylic acids is 3. The lowest BCUT2D eigenvalue weighted by atomic mass is 10.1. The van der Waals surface area contributed by atoms with Crippen LogP contribution in [0.3, 0.4) is 0 Å². The lowest BCUT2D eigenvalue weighted by molar-refractivity contribution is -0.147. The number of carbonyl (C=O) groups excluding carboxylic acids is 5. The van der Waals surface area contributed by atoms with E-state index in [0.717, 1.165) is 4.90 Å². The van der Waals surface area contributed by atoms with Crippen LogP contribution in [0.4, 0.5) is 0 Å². The third-order valence-electron chi connectivity index (χ3n) is 8.29. The molecule has 53 heavy (non-hydrogen) atoms. The van der Waals surface area contributed by atoms with Gasteiger partial charge in [-0.05, 0) is 37.7 Å². The van der Waals surface area contributed by atoms with Gasteiger partial charge in [-0.25, -0.2) is 14.8 Å². The molecule has 11 N–H and O–H groups in total. The van der Waals surface area contributed by atoms with Crippen molar-refractivity contribution in [2.24, 2.45) is 5.73 Å². The van der Waals surface area contributed by atoms with E-state index in [2.05, 4.69) is 41.2 Å². The number of aliphatic carboxylic acids is 3. The number of likely N-dealkylation sites (tertiary alicyclic amines) is 1. The van der Waals surface area contributed by atoms with Crippen LogP contribution in [-0.2, 0) is 51.2 Å². The topological polar surface area (TPSA) is 332 Å². The molecule has 0 aromatic carbocycles. The minimum absolute atomic E-state index is 0.0338. The Kier molecular flexibility index (Phi) is 16.2. The molecule has 2 aromatic rings. The molecule has 22 heteroatoms. The Hall–Kier alpha value is -5.51. The van der Waals surface area contributed by atoms with E-state index in [-0.39, 0.29) is 32.2 Å². The molecule has 0 saturated carbocycles. The molecule has 3 heterocycles. The Morgan fingerprint density at radius 3 is 1.91 bits per heavy atom. The first-order chi connectivity index (χ1) is 25.2. The number of carbonyl (C=O) groups is 8. The summed E-state index contributed by atoms with van der Waals surface area (Å²) < 4.78 is 0. The highest BCUT2D eigenvalue weighted by atomic mass is 32.2. The molecule has 0 spiro atoms. The molecule has 1 saturated heterocycles. The number of hydrogen-bond acceptors (Lipinski definition) is 12. The van der Waals surface area contributed by atoms with E-state index in [9.17, 15) is 48.6 Å². The number of nitrogens with one attached hydrogen (secondary N) is 6. The second kappa shape index (κ2) is 20.5. The second-order valence-corrected chi connectivity index (χ2v) is 13.2. The summed E-state index contributed by atoms with van der Waals surface area (Å²) in [7, 11) is 0. The molecule has 290 valence electrons. The molecule has 0 aliphatic carbocycles. The van der Waals surface area contributed by atoms with Crippen molar-refractivity contribution in [1.82, 2.24) is 46.1 Å². The average Bonchev–Trinajstić information content (AvgIpc) is 3.91. The maximum atomic E-state index is 14.0. The van der Waals surface area contributed by atoms with Crippen LogP contribution in [0, 0.1) is 0 Å². The molecule has 0 unspecified atom stereocenters. The van der Waals surface area contributed by atoms with Crippen molar-refractivity contribution < 1.29 is 53.7 Å². The van der Waals surface area contributed by atoms with E-state index in [1.807, 2.05) is 6.26 Å². The first-order valence-electron chi connectivity index (χ1n) is 16.6. The van der Waals surface area contributed by atoms with Gasteiger partial charge in [0, 0.05) is 49.6 Å². The van der Waals surface area contributed by atoms with E-state index in [0.29, 0.717) is 30.0 Å². The number of aromatic nitrogens is 4. The molecule has 0 radical (unpaired) electrons. The number of thioether (sulfide) groups is 1. The van der Waals surface area contributed by atoms with E-state index < -0.39 is 96.5 Å². The fraction of sp³-hybridized carbons (Fsp3) is 0.548. The SMILES string of the molecule is CSCC[C@H](N)C(=O)N[C@@H](Cc1cnc[nH]1)C(=O)N[C@@H](CCC(=O)O)C(=O)N1CCC[C@H]1C(=O)N[C@@H](Cc1cnc[nH]1)C(=O)N[C@@H](CC(=O)O)C(=O)O. The molecular formula is C31H44N10O11S. The summed E-state index contributed by atoms with van der Waals surface area (Å²) in [6.45, 7) is 0.0338. The first kappa shape index (κ1) is 41.9.